The maximum absolute atomic E-state index is 2.33. The van der Waals surface area contributed by atoms with Crippen molar-refractivity contribution in [2.24, 2.45) is 0 Å². The number of fused-ring (bicyclic) bond motifs is 4. The molecule has 21 heavy (non-hydrogen) atoms. The lowest BCUT2D eigenvalue weighted by atomic mass is 9.95. The highest BCUT2D eigenvalue weighted by molar-refractivity contribution is 6.12. The van der Waals surface area contributed by atoms with Crippen molar-refractivity contribution in [2.45, 2.75) is 19.8 Å². The second-order valence-electron chi connectivity index (χ2n) is 6.12. The first-order chi connectivity index (χ1) is 10.2. The summed E-state index contributed by atoms with van der Waals surface area (Å²) in [4.78, 5) is 0. The number of hydrogen-bond acceptors (Lipinski definition) is 0. The minimum atomic E-state index is 0.571. The zero-order chi connectivity index (χ0) is 14.4. The summed E-state index contributed by atoms with van der Waals surface area (Å²) >= 11 is 0. The summed E-state index contributed by atoms with van der Waals surface area (Å²) in [7, 11) is 0. The van der Waals surface area contributed by atoms with E-state index in [1.807, 2.05) is 0 Å². The first-order valence-electron chi connectivity index (χ1n) is 7.57. The summed E-state index contributed by atoms with van der Waals surface area (Å²) in [6.07, 6.45) is 0. The average molecular weight is 270 g/mol. The third kappa shape index (κ3) is 1.99. The quantitative estimate of drug-likeness (QED) is 0.282. The molecule has 0 heteroatoms. The van der Waals surface area contributed by atoms with E-state index in [0.29, 0.717) is 5.92 Å². The molecule has 0 saturated carbocycles. The Bertz CT molecular complexity index is 961. The highest BCUT2D eigenvalue weighted by Crippen LogP contribution is 2.30. The highest BCUT2D eigenvalue weighted by Gasteiger charge is 2.05. The molecule has 0 fully saturated rings. The van der Waals surface area contributed by atoms with Crippen LogP contribution in [0.3, 0.4) is 0 Å². The molecular weight excluding hydrogens is 252 g/mol. The van der Waals surface area contributed by atoms with Crippen LogP contribution in [-0.2, 0) is 0 Å². The van der Waals surface area contributed by atoms with Gasteiger partial charge in [-0.25, -0.2) is 0 Å². The Labute approximate surface area is 125 Å². The smallest absolute Gasteiger partial charge is 0.00990 e. The molecule has 0 aliphatic heterocycles. The maximum atomic E-state index is 2.33. The summed E-state index contributed by atoms with van der Waals surface area (Å²) in [6, 6.07) is 24.6. The van der Waals surface area contributed by atoms with E-state index in [2.05, 4.69) is 80.6 Å². The number of rotatable bonds is 1. The molecule has 0 aromatic heterocycles. The van der Waals surface area contributed by atoms with E-state index in [9.17, 15) is 0 Å². The van der Waals surface area contributed by atoms with Crippen LogP contribution < -0.4 is 0 Å². The van der Waals surface area contributed by atoms with E-state index in [-0.39, 0.29) is 0 Å². The number of hydrogen-bond donors (Lipinski definition) is 0. The van der Waals surface area contributed by atoms with Crippen LogP contribution in [-0.4, -0.2) is 0 Å². The van der Waals surface area contributed by atoms with Crippen molar-refractivity contribution in [3.63, 3.8) is 0 Å². The summed E-state index contributed by atoms with van der Waals surface area (Å²) in [6.45, 7) is 4.49. The third-order valence-electron chi connectivity index (χ3n) is 4.39. The fraction of sp³-hybridized carbons (Fsp3) is 0.143. The van der Waals surface area contributed by atoms with Gasteiger partial charge in [-0.1, -0.05) is 68.4 Å². The molecule has 4 aromatic carbocycles. The summed E-state index contributed by atoms with van der Waals surface area (Å²) in [5.74, 6) is 0.571. The summed E-state index contributed by atoms with van der Waals surface area (Å²) < 4.78 is 0. The molecular formula is C21H18. The van der Waals surface area contributed by atoms with E-state index < -0.39 is 0 Å². The molecule has 0 unspecified atom stereocenters. The Morgan fingerprint density at radius 3 is 2.19 bits per heavy atom. The first kappa shape index (κ1) is 12.4. The van der Waals surface area contributed by atoms with E-state index in [1.54, 1.807) is 0 Å². The molecule has 0 bridgehead atoms. The van der Waals surface area contributed by atoms with Crippen LogP contribution >= 0.6 is 0 Å². The number of benzene rings is 4. The van der Waals surface area contributed by atoms with E-state index >= 15 is 0 Å². The molecule has 0 radical (unpaired) electrons. The van der Waals surface area contributed by atoms with Gasteiger partial charge in [-0.2, -0.15) is 0 Å². The average Bonchev–Trinajstić information content (AvgIpc) is 2.52. The van der Waals surface area contributed by atoms with Crippen LogP contribution in [0.1, 0.15) is 25.3 Å². The molecule has 4 rings (SSSR count). The largest absolute Gasteiger partial charge is 0.0616 e. The molecule has 0 atom stereocenters. The Morgan fingerprint density at radius 1 is 0.571 bits per heavy atom. The minimum absolute atomic E-state index is 0.571. The van der Waals surface area contributed by atoms with Gasteiger partial charge in [-0.15, -0.1) is 0 Å². The van der Waals surface area contributed by atoms with Crippen molar-refractivity contribution in [2.75, 3.05) is 0 Å². The van der Waals surface area contributed by atoms with Crippen LogP contribution in [0.2, 0.25) is 0 Å². The van der Waals surface area contributed by atoms with Crippen LogP contribution in [0, 0.1) is 0 Å². The van der Waals surface area contributed by atoms with Crippen molar-refractivity contribution in [1.82, 2.24) is 0 Å². The molecule has 0 nitrogen and oxygen atoms in total. The fourth-order valence-corrected chi connectivity index (χ4v) is 3.13. The van der Waals surface area contributed by atoms with E-state index in [1.165, 1.54) is 37.9 Å². The Kier molecular flexibility index (Phi) is 2.71. The van der Waals surface area contributed by atoms with Crippen molar-refractivity contribution in [1.29, 1.82) is 0 Å². The van der Waals surface area contributed by atoms with Crippen molar-refractivity contribution in [3.05, 3.63) is 72.3 Å². The first-order valence-corrected chi connectivity index (χ1v) is 7.57. The molecule has 0 spiro atoms. The molecule has 0 saturated heterocycles. The second-order valence-corrected chi connectivity index (χ2v) is 6.12. The van der Waals surface area contributed by atoms with Crippen LogP contribution in [0.5, 0.6) is 0 Å². The normalized spacial score (nSPS) is 11.8. The van der Waals surface area contributed by atoms with Gasteiger partial charge in [-0.05, 0) is 55.9 Å². The van der Waals surface area contributed by atoms with E-state index in [0.717, 1.165) is 0 Å². The second kappa shape index (κ2) is 4.60. The van der Waals surface area contributed by atoms with Gasteiger partial charge in [-0.3, -0.25) is 0 Å². The Balaban J connectivity index is 2.10. The van der Waals surface area contributed by atoms with Gasteiger partial charge in [0.1, 0.15) is 0 Å². The fourth-order valence-electron chi connectivity index (χ4n) is 3.13. The lowest BCUT2D eigenvalue weighted by Gasteiger charge is -2.09. The zero-order valence-electron chi connectivity index (χ0n) is 12.4. The minimum Gasteiger partial charge on any atom is -0.0616 e. The monoisotopic (exact) mass is 270 g/mol. The van der Waals surface area contributed by atoms with Crippen molar-refractivity contribution < 1.29 is 0 Å². The maximum Gasteiger partial charge on any atom is -0.00990 e. The lowest BCUT2D eigenvalue weighted by Crippen LogP contribution is -1.87. The Hall–Kier alpha value is -2.34. The molecule has 0 aliphatic rings. The molecule has 0 amide bonds. The molecule has 0 N–H and O–H groups in total. The predicted molar refractivity (Wildman–Crippen MR) is 93.0 cm³/mol. The molecule has 0 heterocycles. The Morgan fingerprint density at radius 2 is 1.33 bits per heavy atom. The molecule has 4 aromatic rings. The van der Waals surface area contributed by atoms with Gasteiger partial charge >= 0.3 is 0 Å². The van der Waals surface area contributed by atoms with Crippen molar-refractivity contribution >= 4 is 32.3 Å². The van der Waals surface area contributed by atoms with Crippen LogP contribution in [0.15, 0.2) is 66.7 Å². The molecule has 102 valence electrons. The summed E-state index contributed by atoms with van der Waals surface area (Å²) in [5, 5.41) is 7.97. The van der Waals surface area contributed by atoms with Gasteiger partial charge < -0.3 is 0 Å². The van der Waals surface area contributed by atoms with Crippen LogP contribution in [0.4, 0.5) is 0 Å². The van der Waals surface area contributed by atoms with Gasteiger partial charge in [0.2, 0.25) is 0 Å². The van der Waals surface area contributed by atoms with Crippen LogP contribution in [0.25, 0.3) is 32.3 Å². The third-order valence-corrected chi connectivity index (χ3v) is 4.39. The SMILES string of the molecule is CC(C)c1ccc2cc3c(ccc4ccccc43)cc2c1. The lowest BCUT2D eigenvalue weighted by molar-refractivity contribution is 0.869. The highest BCUT2D eigenvalue weighted by atomic mass is 14.1. The van der Waals surface area contributed by atoms with Gasteiger partial charge in [0.05, 0.1) is 0 Å². The standard InChI is InChI=1S/C21H18/c1-14(2)16-8-9-17-13-21-18(12-19(17)11-16)10-7-15-5-3-4-6-20(15)21/h3-14H,1-2H3. The van der Waals surface area contributed by atoms with Gasteiger partial charge in [0, 0.05) is 0 Å². The van der Waals surface area contributed by atoms with E-state index in [4.69, 9.17) is 0 Å². The van der Waals surface area contributed by atoms with Gasteiger partial charge in [0.15, 0.2) is 0 Å². The van der Waals surface area contributed by atoms with Gasteiger partial charge in [0.25, 0.3) is 0 Å². The van der Waals surface area contributed by atoms with Crippen molar-refractivity contribution in [3.8, 4) is 0 Å². The zero-order valence-corrected chi connectivity index (χ0v) is 12.4. The predicted octanol–water partition coefficient (Wildman–Crippen LogP) is 6.27. The summed E-state index contributed by atoms with van der Waals surface area (Å²) in [5.41, 5.74) is 1.41. The topological polar surface area (TPSA) is 0 Å². The molecule has 0 aliphatic carbocycles.